The molecule has 3 saturated heterocycles. The zero-order valence-corrected chi connectivity index (χ0v) is 15.3. The van der Waals surface area contributed by atoms with Crippen LogP contribution in [0.4, 0.5) is 4.79 Å². The average Bonchev–Trinajstić information content (AvgIpc) is 2.84. The molecule has 7 heteroatoms. The fourth-order valence-corrected chi connectivity index (χ4v) is 4.06. The molecule has 4 heterocycles. The Labute approximate surface area is 147 Å². The van der Waals surface area contributed by atoms with Crippen molar-refractivity contribution in [2.24, 2.45) is 5.92 Å². The van der Waals surface area contributed by atoms with Crippen LogP contribution in [0.1, 0.15) is 29.2 Å². The van der Waals surface area contributed by atoms with Crippen molar-refractivity contribution in [3.63, 3.8) is 0 Å². The number of nitrogens with zero attached hydrogens (tertiary/aromatic N) is 3. The van der Waals surface area contributed by atoms with E-state index in [0.717, 1.165) is 30.9 Å². The van der Waals surface area contributed by atoms with Crippen molar-refractivity contribution in [3.8, 4) is 0 Å². The first-order valence-corrected chi connectivity index (χ1v) is 9.73. The summed E-state index contributed by atoms with van der Waals surface area (Å²) in [7, 11) is 3.54. The van der Waals surface area contributed by atoms with Gasteiger partial charge in [-0.2, -0.15) is 11.8 Å². The minimum atomic E-state index is -0.0452. The standard InChI is InChI=1S/C17H25N3O3S/c1-18(2)17(22)19-8-12-4-5-13(10-19)20(9-12)16(21)15-7-6-14(23-15)11-24-3/h6-7,12-13H,4-5,8-11H2,1-3H3/t12-,13+/m1/s1. The first-order chi connectivity index (χ1) is 11.5. The van der Waals surface area contributed by atoms with Gasteiger partial charge in [0.05, 0.1) is 5.75 Å². The summed E-state index contributed by atoms with van der Waals surface area (Å²) in [5.74, 6) is 2.31. The summed E-state index contributed by atoms with van der Waals surface area (Å²) in [6.45, 7) is 2.05. The monoisotopic (exact) mass is 351 g/mol. The van der Waals surface area contributed by atoms with Crippen molar-refractivity contribution in [2.75, 3.05) is 40.0 Å². The minimum Gasteiger partial charge on any atom is -0.455 e. The van der Waals surface area contributed by atoms with Gasteiger partial charge in [0.25, 0.3) is 5.91 Å². The molecule has 4 rings (SSSR count). The third-order valence-electron chi connectivity index (χ3n) is 4.79. The Morgan fingerprint density at radius 3 is 2.75 bits per heavy atom. The topological polar surface area (TPSA) is 57.0 Å². The van der Waals surface area contributed by atoms with E-state index in [1.165, 1.54) is 0 Å². The van der Waals surface area contributed by atoms with Gasteiger partial charge in [-0.15, -0.1) is 0 Å². The number of hydrogen-bond donors (Lipinski definition) is 0. The highest BCUT2D eigenvalue weighted by molar-refractivity contribution is 7.97. The summed E-state index contributed by atoms with van der Waals surface area (Å²) < 4.78 is 5.70. The molecule has 0 radical (unpaired) electrons. The van der Waals surface area contributed by atoms with Gasteiger partial charge in [-0.1, -0.05) is 0 Å². The first-order valence-electron chi connectivity index (χ1n) is 8.34. The van der Waals surface area contributed by atoms with E-state index in [1.54, 1.807) is 36.8 Å². The Balaban J connectivity index is 1.75. The lowest BCUT2D eigenvalue weighted by Gasteiger charge is -2.35. The number of carbonyl (C=O) groups is 2. The number of furan rings is 1. The molecule has 0 spiro atoms. The van der Waals surface area contributed by atoms with Gasteiger partial charge >= 0.3 is 6.03 Å². The van der Waals surface area contributed by atoms with Crippen molar-refractivity contribution >= 4 is 23.7 Å². The summed E-state index contributed by atoms with van der Waals surface area (Å²) in [5, 5.41) is 0. The fourth-order valence-electron chi connectivity index (χ4n) is 3.62. The number of urea groups is 1. The normalized spacial score (nSPS) is 23.3. The van der Waals surface area contributed by atoms with E-state index in [1.807, 2.05) is 22.1 Å². The summed E-state index contributed by atoms with van der Waals surface area (Å²) in [6.07, 6.45) is 4.03. The van der Waals surface area contributed by atoms with Crippen LogP contribution in [0.25, 0.3) is 0 Å². The maximum atomic E-state index is 12.9. The highest BCUT2D eigenvalue weighted by atomic mass is 32.2. The summed E-state index contributed by atoms with van der Waals surface area (Å²) >= 11 is 1.67. The van der Waals surface area contributed by atoms with Gasteiger partial charge in [0, 0.05) is 39.8 Å². The molecule has 2 atom stereocenters. The van der Waals surface area contributed by atoms with Crippen LogP contribution in [0, 0.1) is 5.92 Å². The molecule has 6 nitrogen and oxygen atoms in total. The molecule has 3 aliphatic rings. The molecular formula is C17H25N3O3S. The number of piperidine rings is 1. The number of thioether (sulfide) groups is 1. The Kier molecular flexibility index (Phi) is 5.08. The molecule has 132 valence electrons. The van der Waals surface area contributed by atoms with Crippen molar-refractivity contribution in [1.82, 2.24) is 14.7 Å². The molecule has 3 amide bonds. The lowest BCUT2D eigenvalue weighted by Crippen LogP contribution is -2.48. The third kappa shape index (κ3) is 3.41. The zero-order valence-electron chi connectivity index (χ0n) is 14.5. The predicted octanol–water partition coefficient (Wildman–Crippen LogP) is 2.36. The maximum absolute atomic E-state index is 12.9. The molecule has 2 bridgehead atoms. The number of hydrogen-bond acceptors (Lipinski definition) is 4. The quantitative estimate of drug-likeness (QED) is 0.839. The lowest BCUT2D eigenvalue weighted by atomic mass is 9.95. The Morgan fingerprint density at radius 2 is 2.04 bits per heavy atom. The summed E-state index contributed by atoms with van der Waals surface area (Å²) in [5.41, 5.74) is 0. The number of rotatable bonds is 3. The van der Waals surface area contributed by atoms with Gasteiger partial charge in [0.1, 0.15) is 5.76 Å². The van der Waals surface area contributed by atoms with Crippen LogP contribution in [0.2, 0.25) is 0 Å². The van der Waals surface area contributed by atoms with Crippen LogP contribution >= 0.6 is 11.8 Å². The van der Waals surface area contributed by atoms with Crippen molar-refractivity contribution < 1.29 is 14.0 Å². The van der Waals surface area contributed by atoms with Gasteiger partial charge in [0.15, 0.2) is 5.76 Å². The Bertz CT molecular complexity index is 616. The molecule has 3 fully saturated rings. The Hall–Kier alpha value is -1.63. The van der Waals surface area contributed by atoms with Gasteiger partial charge in [-0.3, -0.25) is 4.79 Å². The van der Waals surface area contributed by atoms with Crippen LogP contribution in [-0.4, -0.2) is 72.7 Å². The van der Waals surface area contributed by atoms with Crippen LogP contribution in [0.5, 0.6) is 0 Å². The maximum Gasteiger partial charge on any atom is 0.319 e. The third-order valence-corrected chi connectivity index (χ3v) is 5.36. The van der Waals surface area contributed by atoms with Crippen molar-refractivity contribution in [2.45, 2.75) is 24.6 Å². The van der Waals surface area contributed by atoms with E-state index < -0.39 is 0 Å². The van der Waals surface area contributed by atoms with E-state index >= 15 is 0 Å². The highest BCUT2D eigenvalue weighted by Crippen LogP contribution is 2.30. The molecule has 0 aliphatic carbocycles. The Morgan fingerprint density at radius 1 is 1.25 bits per heavy atom. The van der Waals surface area contributed by atoms with Crippen LogP contribution in [0.3, 0.4) is 0 Å². The molecule has 0 saturated carbocycles. The molecule has 3 aliphatic heterocycles. The van der Waals surface area contributed by atoms with Gasteiger partial charge in [0.2, 0.25) is 0 Å². The second kappa shape index (κ2) is 7.09. The lowest BCUT2D eigenvalue weighted by molar-refractivity contribution is 0.0552. The highest BCUT2D eigenvalue weighted by Gasteiger charge is 2.39. The average molecular weight is 351 g/mol. The van der Waals surface area contributed by atoms with E-state index in [2.05, 4.69) is 0 Å². The zero-order chi connectivity index (χ0) is 17.3. The van der Waals surface area contributed by atoms with E-state index in [9.17, 15) is 9.59 Å². The SMILES string of the molecule is CSCc1ccc(C(=O)N2C[C@@H]3CC[C@H]2CN(C(=O)N(C)C)C3)o1. The molecule has 0 unspecified atom stereocenters. The van der Waals surface area contributed by atoms with Gasteiger partial charge in [-0.25, -0.2) is 4.79 Å². The predicted molar refractivity (Wildman–Crippen MR) is 94.1 cm³/mol. The number of fused-ring (bicyclic) bond motifs is 4. The molecule has 24 heavy (non-hydrogen) atoms. The molecule has 0 aromatic carbocycles. The second-order valence-corrected chi connectivity index (χ2v) is 7.70. The summed E-state index contributed by atoms with van der Waals surface area (Å²) in [4.78, 5) is 30.6. The second-order valence-electron chi connectivity index (χ2n) is 6.84. The molecule has 0 N–H and O–H groups in total. The molecular weight excluding hydrogens is 326 g/mol. The van der Waals surface area contributed by atoms with Crippen LogP contribution in [-0.2, 0) is 5.75 Å². The van der Waals surface area contributed by atoms with Crippen LogP contribution in [0.15, 0.2) is 16.5 Å². The van der Waals surface area contributed by atoms with Gasteiger partial charge < -0.3 is 19.1 Å². The van der Waals surface area contributed by atoms with E-state index in [0.29, 0.717) is 24.8 Å². The summed E-state index contributed by atoms with van der Waals surface area (Å²) in [6, 6.07) is 3.76. The van der Waals surface area contributed by atoms with Crippen molar-refractivity contribution in [1.29, 1.82) is 0 Å². The molecule has 1 aromatic heterocycles. The smallest absolute Gasteiger partial charge is 0.319 e. The van der Waals surface area contributed by atoms with E-state index in [4.69, 9.17) is 4.42 Å². The molecule has 1 aromatic rings. The van der Waals surface area contributed by atoms with Crippen LogP contribution < -0.4 is 0 Å². The van der Waals surface area contributed by atoms with Crippen molar-refractivity contribution in [3.05, 3.63) is 23.7 Å². The van der Waals surface area contributed by atoms with Gasteiger partial charge in [-0.05, 0) is 37.1 Å². The first kappa shape index (κ1) is 17.2. The largest absolute Gasteiger partial charge is 0.455 e. The number of carbonyl (C=O) groups excluding carboxylic acids is 2. The number of amides is 3. The van der Waals surface area contributed by atoms with E-state index in [-0.39, 0.29) is 18.0 Å². The fraction of sp³-hybridized carbons (Fsp3) is 0.647. The minimum absolute atomic E-state index is 0.0291.